The molecule has 13 heavy (non-hydrogen) atoms. The summed E-state index contributed by atoms with van der Waals surface area (Å²) in [5.41, 5.74) is 0.252. The molecule has 0 spiro atoms. The van der Waals surface area contributed by atoms with Gasteiger partial charge >= 0.3 is 5.97 Å². The lowest BCUT2D eigenvalue weighted by Crippen LogP contribution is -2.23. The van der Waals surface area contributed by atoms with Gasteiger partial charge in [0.25, 0.3) is 0 Å². The van der Waals surface area contributed by atoms with Gasteiger partial charge in [-0.3, -0.25) is 0 Å². The van der Waals surface area contributed by atoms with E-state index in [0.717, 1.165) is 5.92 Å². The van der Waals surface area contributed by atoms with Crippen molar-refractivity contribution in [2.45, 2.75) is 32.2 Å². The topological polar surface area (TPSA) is 49.3 Å². The quantitative estimate of drug-likeness (QED) is 0.612. The lowest BCUT2D eigenvalue weighted by atomic mass is 10.2. The maximum absolute atomic E-state index is 10.4. The van der Waals surface area contributed by atoms with Gasteiger partial charge < -0.3 is 10.4 Å². The van der Waals surface area contributed by atoms with Crippen molar-refractivity contribution in [3.8, 4) is 0 Å². The van der Waals surface area contributed by atoms with Crippen LogP contribution in [0.1, 0.15) is 26.2 Å². The molecule has 0 aromatic rings. The largest absolute Gasteiger partial charge is 0.478 e. The van der Waals surface area contributed by atoms with Crippen molar-refractivity contribution in [3.05, 3.63) is 12.2 Å². The van der Waals surface area contributed by atoms with E-state index in [-0.39, 0.29) is 5.57 Å². The molecule has 1 aliphatic carbocycles. The normalized spacial score (nSPS) is 25.6. The van der Waals surface area contributed by atoms with E-state index in [4.69, 9.17) is 5.11 Å². The van der Waals surface area contributed by atoms with Crippen molar-refractivity contribution < 1.29 is 9.90 Å². The molecule has 1 aliphatic rings. The number of carbonyl (C=O) groups is 1. The first-order chi connectivity index (χ1) is 6.15. The molecule has 0 saturated heterocycles. The second kappa shape index (κ2) is 4.42. The van der Waals surface area contributed by atoms with Gasteiger partial charge in [-0.05, 0) is 18.8 Å². The fraction of sp³-hybridized carbons (Fsp3) is 0.700. The fourth-order valence-electron chi connectivity index (χ4n) is 1.52. The Labute approximate surface area is 78.8 Å². The van der Waals surface area contributed by atoms with Crippen LogP contribution in [-0.4, -0.2) is 23.7 Å². The number of hydrogen-bond acceptors (Lipinski definition) is 2. The van der Waals surface area contributed by atoms with Crippen molar-refractivity contribution >= 4 is 5.97 Å². The van der Waals surface area contributed by atoms with E-state index in [9.17, 15) is 4.79 Å². The summed E-state index contributed by atoms with van der Waals surface area (Å²) in [5.74, 6) is -0.133. The summed E-state index contributed by atoms with van der Waals surface area (Å²) in [5, 5.41) is 11.7. The molecule has 2 unspecified atom stereocenters. The number of rotatable bonds is 6. The van der Waals surface area contributed by atoms with Gasteiger partial charge in [-0.2, -0.15) is 0 Å². The smallest absolute Gasteiger partial charge is 0.332 e. The highest BCUT2D eigenvalue weighted by Gasteiger charge is 2.35. The van der Waals surface area contributed by atoms with Crippen LogP contribution < -0.4 is 5.32 Å². The van der Waals surface area contributed by atoms with Gasteiger partial charge in [0.2, 0.25) is 0 Å². The first-order valence-electron chi connectivity index (χ1n) is 4.79. The molecule has 1 saturated carbocycles. The van der Waals surface area contributed by atoms with Crippen LogP contribution in [0.15, 0.2) is 12.2 Å². The van der Waals surface area contributed by atoms with Gasteiger partial charge in [0.05, 0.1) is 0 Å². The molecular weight excluding hydrogens is 166 g/mol. The van der Waals surface area contributed by atoms with Crippen LogP contribution in [0.3, 0.4) is 0 Å². The average Bonchev–Trinajstić information content (AvgIpc) is 2.80. The third kappa shape index (κ3) is 3.19. The highest BCUT2D eigenvalue weighted by atomic mass is 16.4. The molecule has 74 valence electrons. The van der Waals surface area contributed by atoms with E-state index in [1.54, 1.807) is 0 Å². The number of hydrogen-bond donors (Lipinski definition) is 2. The molecule has 0 aromatic carbocycles. The summed E-state index contributed by atoms with van der Waals surface area (Å²) in [4.78, 5) is 10.4. The standard InChI is InChI=1S/C10H17NO2/c1-3-4-8-5-9(8)11-6-7(2)10(12)13/h8-9,11H,2-6H2,1H3,(H,12,13). The van der Waals surface area contributed by atoms with E-state index in [1.807, 2.05) is 0 Å². The van der Waals surface area contributed by atoms with Gasteiger partial charge in [0.15, 0.2) is 0 Å². The molecule has 0 heterocycles. The SMILES string of the molecule is C=C(CNC1CC1CCC)C(=O)O. The molecule has 0 bridgehead atoms. The Morgan fingerprint density at radius 2 is 2.38 bits per heavy atom. The van der Waals surface area contributed by atoms with Gasteiger partial charge in [0, 0.05) is 18.2 Å². The predicted molar refractivity (Wildman–Crippen MR) is 51.6 cm³/mol. The zero-order chi connectivity index (χ0) is 9.84. The molecule has 1 fully saturated rings. The van der Waals surface area contributed by atoms with Crippen LogP contribution in [0.4, 0.5) is 0 Å². The Hall–Kier alpha value is -0.830. The number of carboxylic acids is 1. The van der Waals surface area contributed by atoms with Crippen molar-refractivity contribution in [1.82, 2.24) is 5.32 Å². The molecule has 0 aliphatic heterocycles. The van der Waals surface area contributed by atoms with Crippen LogP contribution in [0.5, 0.6) is 0 Å². The Morgan fingerprint density at radius 3 is 2.92 bits per heavy atom. The summed E-state index contributed by atoms with van der Waals surface area (Å²) >= 11 is 0. The summed E-state index contributed by atoms with van der Waals surface area (Å²) in [6.07, 6.45) is 3.65. The first kappa shape index (κ1) is 10.3. The maximum Gasteiger partial charge on any atom is 0.332 e. The second-order valence-corrected chi connectivity index (χ2v) is 3.68. The van der Waals surface area contributed by atoms with Crippen LogP contribution in [0, 0.1) is 5.92 Å². The predicted octanol–water partition coefficient (Wildman–Crippen LogP) is 1.41. The van der Waals surface area contributed by atoms with Crippen LogP contribution >= 0.6 is 0 Å². The molecule has 0 amide bonds. The zero-order valence-electron chi connectivity index (χ0n) is 8.05. The van der Waals surface area contributed by atoms with E-state index in [1.165, 1.54) is 19.3 Å². The van der Waals surface area contributed by atoms with Crippen LogP contribution in [-0.2, 0) is 4.79 Å². The summed E-state index contributed by atoms with van der Waals surface area (Å²) in [6.45, 7) is 6.05. The molecular formula is C10H17NO2. The van der Waals surface area contributed by atoms with Gasteiger partial charge in [-0.25, -0.2) is 4.79 Å². The molecule has 2 N–H and O–H groups in total. The molecule has 0 aromatic heterocycles. The maximum atomic E-state index is 10.4. The minimum Gasteiger partial charge on any atom is -0.478 e. The lowest BCUT2D eigenvalue weighted by Gasteiger charge is -2.02. The summed E-state index contributed by atoms with van der Waals surface area (Å²) in [6, 6.07) is 0.538. The van der Waals surface area contributed by atoms with Gasteiger partial charge in [0.1, 0.15) is 0 Å². The Kier molecular flexibility index (Phi) is 3.48. The van der Waals surface area contributed by atoms with E-state index in [0.29, 0.717) is 12.6 Å². The lowest BCUT2D eigenvalue weighted by molar-refractivity contribution is -0.132. The molecule has 3 heteroatoms. The molecule has 0 radical (unpaired) electrons. The Bertz CT molecular complexity index is 213. The number of nitrogens with one attached hydrogen (secondary N) is 1. The minimum absolute atomic E-state index is 0.252. The second-order valence-electron chi connectivity index (χ2n) is 3.68. The molecule has 1 rings (SSSR count). The third-order valence-electron chi connectivity index (χ3n) is 2.46. The van der Waals surface area contributed by atoms with Gasteiger partial charge in [-0.1, -0.05) is 19.9 Å². The van der Waals surface area contributed by atoms with Crippen molar-refractivity contribution in [2.75, 3.05) is 6.54 Å². The van der Waals surface area contributed by atoms with Crippen LogP contribution in [0.25, 0.3) is 0 Å². The first-order valence-corrected chi connectivity index (χ1v) is 4.79. The monoisotopic (exact) mass is 183 g/mol. The Balaban J connectivity index is 2.09. The van der Waals surface area contributed by atoms with Crippen LogP contribution in [0.2, 0.25) is 0 Å². The highest BCUT2D eigenvalue weighted by molar-refractivity contribution is 5.86. The summed E-state index contributed by atoms with van der Waals surface area (Å²) < 4.78 is 0. The van der Waals surface area contributed by atoms with Crippen molar-refractivity contribution in [2.24, 2.45) is 5.92 Å². The highest BCUT2D eigenvalue weighted by Crippen LogP contribution is 2.34. The fourth-order valence-corrected chi connectivity index (χ4v) is 1.52. The summed E-state index contributed by atoms with van der Waals surface area (Å²) in [7, 11) is 0. The van der Waals surface area contributed by atoms with E-state index < -0.39 is 5.97 Å². The van der Waals surface area contributed by atoms with Crippen molar-refractivity contribution in [1.29, 1.82) is 0 Å². The van der Waals surface area contributed by atoms with E-state index >= 15 is 0 Å². The Morgan fingerprint density at radius 1 is 1.69 bits per heavy atom. The number of carboxylic acid groups (broad SMARTS) is 1. The molecule has 2 atom stereocenters. The average molecular weight is 183 g/mol. The number of aliphatic carboxylic acids is 1. The molecule has 3 nitrogen and oxygen atoms in total. The zero-order valence-corrected chi connectivity index (χ0v) is 8.05. The van der Waals surface area contributed by atoms with Gasteiger partial charge in [-0.15, -0.1) is 0 Å². The van der Waals surface area contributed by atoms with E-state index in [2.05, 4.69) is 18.8 Å². The minimum atomic E-state index is -0.903. The van der Waals surface area contributed by atoms with Crippen molar-refractivity contribution in [3.63, 3.8) is 0 Å². The third-order valence-corrected chi connectivity index (χ3v) is 2.46.